The van der Waals surface area contributed by atoms with Gasteiger partial charge in [-0.3, -0.25) is 4.79 Å². The van der Waals surface area contributed by atoms with Gasteiger partial charge in [0.25, 0.3) is 0 Å². The maximum absolute atomic E-state index is 12.0. The smallest absolute Gasteiger partial charge is 0.240 e. The van der Waals surface area contributed by atoms with Crippen molar-refractivity contribution in [3.63, 3.8) is 0 Å². The first-order valence-corrected chi connectivity index (χ1v) is 6.80. The molecule has 1 saturated carbocycles. The quantitative estimate of drug-likeness (QED) is 0.867. The summed E-state index contributed by atoms with van der Waals surface area (Å²) >= 11 is 0. The van der Waals surface area contributed by atoms with E-state index < -0.39 is 5.54 Å². The molecule has 21 heavy (non-hydrogen) atoms. The van der Waals surface area contributed by atoms with Crippen LogP contribution in [0, 0.1) is 0 Å². The van der Waals surface area contributed by atoms with Gasteiger partial charge in [0.1, 0.15) is 0 Å². The predicted molar refractivity (Wildman–Crippen MR) is 90.9 cm³/mol. The summed E-state index contributed by atoms with van der Waals surface area (Å²) in [5, 5.41) is 2.97. The summed E-state index contributed by atoms with van der Waals surface area (Å²) in [6.07, 6.45) is 2.66. The molecule has 2 rings (SSSR count). The van der Waals surface area contributed by atoms with E-state index in [2.05, 4.69) is 22.3 Å². The van der Waals surface area contributed by atoms with Gasteiger partial charge in [-0.05, 0) is 44.5 Å². The molecule has 120 valence electrons. The number of hydrogen-bond donors (Lipinski definition) is 2. The number of nitrogens with zero attached hydrogens (tertiary/aromatic N) is 1. The zero-order valence-corrected chi connectivity index (χ0v) is 14.2. The lowest BCUT2D eigenvalue weighted by Gasteiger charge is -2.36. The van der Waals surface area contributed by atoms with Gasteiger partial charge in [-0.25, -0.2) is 0 Å². The first kappa shape index (κ1) is 20.2. The lowest BCUT2D eigenvalue weighted by Crippen LogP contribution is -2.58. The van der Waals surface area contributed by atoms with Gasteiger partial charge in [0.05, 0.1) is 5.54 Å². The van der Waals surface area contributed by atoms with Crippen LogP contribution in [-0.2, 0) is 17.9 Å². The van der Waals surface area contributed by atoms with Gasteiger partial charge in [-0.1, -0.05) is 24.3 Å². The summed E-state index contributed by atoms with van der Waals surface area (Å²) in [5.41, 5.74) is 7.80. The van der Waals surface area contributed by atoms with Crippen LogP contribution in [0.5, 0.6) is 0 Å². The molecule has 0 heterocycles. The standard InChI is InChI=1S/C15H23N3O.2ClH/c1-18(2)11-13-7-4-3-6-12(13)10-17-14(19)15(16)8-5-9-15;;/h3-4,6-7H,5,8-11,16H2,1-2H3,(H,17,19);2*1H. The van der Waals surface area contributed by atoms with Gasteiger partial charge in [-0.15, -0.1) is 24.8 Å². The molecular weight excluding hydrogens is 309 g/mol. The van der Waals surface area contributed by atoms with E-state index in [1.807, 2.05) is 26.2 Å². The van der Waals surface area contributed by atoms with Crippen LogP contribution in [0.2, 0.25) is 0 Å². The number of amides is 1. The third kappa shape index (κ3) is 5.15. The van der Waals surface area contributed by atoms with E-state index in [0.29, 0.717) is 6.54 Å². The number of rotatable bonds is 5. The van der Waals surface area contributed by atoms with Crippen LogP contribution in [0.15, 0.2) is 24.3 Å². The summed E-state index contributed by atoms with van der Waals surface area (Å²) < 4.78 is 0. The van der Waals surface area contributed by atoms with Crippen LogP contribution in [0.25, 0.3) is 0 Å². The Labute approximate surface area is 139 Å². The summed E-state index contributed by atoms with van der Waals surface area (Å²) in [4.78, 5) is 14.1. The highest BCUT2D eigenvalue weighted by molar-refractivity contribution is 5.87. The fourth-order valence-electron chi connectivity index (χ4n) is 2.36. The molecule has 0 spiro atoms. The van der Waals surface area contributed by atoms with Crippen LogP contribution in [-0.4, -0.2) is 30.4 Å². The Balaban J connectivity index is 0.00000200. The molecule has 1 aromatic carbocycles. The zero-order chi connectivity index (χ0) is 13.9. The van der Waals surface area contributed by atoms with E-state index in [4.69, 9.17) is 5.73 Å². The van der Waals surface area contributed by atoms with Crippen molar-refractivity contribution in [1.82, 2.24) is 10.2 Å². The molecule has 6 heteroatoms. The SMILES string of the molecule is CN(C)Cc1ccccc1CNC(=O)C1(N)CCC1.Cl.Cl. The maximum Gasteiger partial charge on any atom is 0.240 e. The van der Waals surface area contributed by atoms with Crippen molar-refractivity contribution in [3.05, 3.63) is 35.4 Å². The molecule has 0 radical (unpaired) electrons. The van der Waals surface area contributed by atoms with Crippen LogP contribution >= 0.6 is 24.8 Å². The molecule has 1 amide bonds. The average molecular weight is 334 g/mol. The highest BCUT2D eigenvalue weighted by atomic mass is 35.5. The molecule has 0 saturated heterocycles. The summed E-state index contributed by atoms with van der Waals surface area (Å²) in [7, 11) is 4.08. The van der Waals surface area contributed by atoms with Crippen LogP contribution in [0.1, 0.15) is 30.4 Å². The molecule has 1 aromatic rings. The highest BCUT2D eigenvalue weighted by Gasteiger charge is 2.39. The molecule has 0 aliphatic heterocycles. The van der Waals surface area contributed by atoms with Crippen LogP contribution in [0.4, 0.5) is 0 Å². The van der Waals surface area contributed by atoms with Crippen molar-refractivity contribution >= 4 is 30.7 Å². The third-order valence-electron chi connectivity index (χ3n) is 3.74. The Morgan fingerprint density at radius 1 is 1.24 bits per heavy atom. The van der Waals surface area contributed by atoms with Crippen molar-refractivity contribution in [2.45, 2.75) is 37.9 Å². The third-order valence-corrected chi connectivity index (χ3v) is 3.74. The van der Waals surface area contributed by atoms with E-state index in [1.165, 1.54) is 5.56 Å². The second kappa shape index (κ2) is 8.59. The molecule has 3 N–H and O–H groups in total. The molecule has 0 aromatic heterocycles. The van der Waals surface area contributed by atoms with E-state index in [9.17, 15) is 4.79 Å². The number of halogens is 2. The molecule has 0 unspecified atom stereocenters. The van der Waals surface area contributed by atoms with E-state index in [1.54, 1.807) is 0 Å². The Bertz CT molecular complexity index is 462. The van der Waals surface area contributed by atoms with Crippen LogP contribution in [0.3, 0.4) is 0 Å². The summed E-state index contributed by atoms with van der Waals surface area (Å²) in [6, 6.07) is 8.19. The fourth-order valence-corrected chi connectivity index (χ4v) is 2.36. The molecule has 1 aliphatic carbocycles. The lowest BCUT2D eigenvalue weighted by molar-refractivity contribution is -0.129. The molecule has 0 atom stereocenters. The second-order valence-electron chi connectivity index (χ2n) is 5.70. The van der Waals surface area contributed by atoms with Gasteiger partial charge in [0.2, 0.25) is 5.91 Å². The van der Waals surface area contributed by atoms with Crippen molar-refractivity contribution in [1.29, 1.82) is 0 Å². The fraction of sp³-hybridized carbons (Fsp3) is 0.533. The first-order valence-electron chi connectivity index (χ1n) is 6.80. The van der Waals surface area contributed by atoms with E-state index in [0.717, 1.165) is 31.4 Å². The van der Waals surface area contributed by atoms with Crippen molar-refractivity contribution in [2.24, 2.45) is 5.73 Å². The largest absolute Gasteiger partial charge is 0.350 e. The van der Waals surface area contributed by atoms with Crippen molar-refractivity contribution in [3.8, 4) is 0 Å². The molecule has 1 fully saturated rings. The Kier molecular flexibility index (Phi) is 8.26. The maximum atomic E-state index is 12.0. The van der Waals surface area contributed by atoms with Crippen molar-refractivity contribution in [2.75, 3.05) is 14.1 Å². The zero-order valence-electron chi connectivity index (χ0n) is 12.6. The van der Waals surface area contributed by atoms with Gasteiger partial charge in [0, 0.05) is 13.1 Å². The minimum Gasteiger partial charge on any atom is -0.350 e. The highest BCUT2D eigenvalue weighted by Crippen LogP contribution is 2.29. The number of carbonyl (C=O) groups is 1. The minimum atomic E-state index is -0.615. The van der Waals surface area contributed by atoms with Crippen LogP contribution < -0.4 is 11.1 Å². The second-order valence-corrected chi connectivity index (χ2v) is 5.70. The Morgan fingerprint density at radius 2 is 1.81 bits per heavy atom. The van der Waals surface area contributed by atoms with Gasteiger partial charge in [0.15, 0.2) is 0 Å². The molecule has 4 nitrogen and oxygen atoms in total. The molecule has 1 aliphatic rings. The van der Waals surface area contributed by atoms with E-state index >= 15 is 0 Å². The number of hydrogen-bond acceptors (Lipinski definition) is 3. The molecular formula is C15H25Cl2N3O. The predicted octanol–water partition coefficient (Wildman–Crippen LogP) is 2.09. The average Bonchev–Trinajstić information content (AvgIpc) is 2.34. The van der Waals surface area contributed by atoms with Gasteiger partial charge in [-0.2, -0.15) is 0 Å². The normalized spacial score (nSPS) is 15.4. The summed E-state index contributed by atoms with van der Waals surface area (Å²) in [6.45, 7) is 1.43. The monoisotopic (exact) mass is 333 g/mol. The van der Waals surface area contributed by atoms with Gasteiger partial charge >= 0.3 is 0 Å². The Hall–Kier alpha value is -0.810. The number of nitrogens with one attached hydrogen (secondary N) is 1. The minimum absolute atomic E-state index is 0. The first-order chi connectivity index (χ1) is 9.01. The summed E-state index contributed by atoms with van der Waals surface area (Å²) in [5.74, 6) is -0.0154. The molecule has 0 bridgehead atoms. The number of carbonyl (C=O) groups excluding carboxylic acids is 1. The number of benzene rings is 1. The van der Waals surface area contributed by atoms with E-state index in [-0.39, 0.29) is 30.7 Å². The topological polar surface area (TPSA) is 58.4 Å². The van der Waals surface area contributed by atoms with Crippen molar-refractivity contribution < 1.29 is 4.79 Å². The number of nitrogens with two attached hydrogens (primary N) is 1. The van der Waals surface area contributed by atoms with Gasteiger partial charge < -0.3 is 16.0 Å². The Morgan fingerprint density at radius 3 is 2.29 bits per heavy atom. The lowest BCUT2D eigenvalue weighted by atomic mass is 9.77.